The van der Waals surface area contributed by atoms with Crippen molar-refractivity contribution in [3.8, 4) is 0 Å². The molecule has 0 aliphatic rings. The Morgan fingerprint density at radius 3 is 2.40 bits per heavy atom. The van der Waals surface area contributed by atoms with Gasteiger partial charge in [-0.15, -0.1) is 0 Å². The minimum atomic E-state index is -1.37. The molecule has 0 aromatic carbocycles. The van der Waals surface area contributed by atoms with E-state index in [2.05, 4.69) is 0 Å². The Morgan fingerprint density at radius 2 is 2.30 bits per heavy atom. The maximum atomic E-state index is 12.2. The maximum Gasteiger partial charge on any atom is 0.405 e. The summed E-state index contributed by atoms with van der Waals surface area (Å²) in [7, 11) is 0. The van der Waals surface area contributed by atoms with E-state index in [0.29, 0.717) is 0 Å². The summed E-state index contributed by atoms with van der Waals surface area (Å²) in [6.45, 7) is 0.654. The Morgan fingerprint density at radius 1 is 1.80 bits per heavy atom. The third-order valence-corrected chi connectivity index (χ3v) is 1.06. The zero-order valence-corrected chi connectivity index (χ0v) is 5.54. The van der Waals surface area contributed by atoms with Gasteiger partial charge < -0.3 is 15.5 Å². The van der Waals surface area contributed by atoms with Crippen LogP contribution in [0.1, 0.15) is 6.92 Å². The number of aliphatic hydroxyl groups excluding tert-OH is 1. The predicted molar refractivity (Wildman–Crippen MR) is 32.6 cm³/mol. The van der Waals surface area contributed by atoms with Gasteiger partial charge in [-0.05, 0) is 6.92 Å². The summed E-state index contributed by atoms with van der Waals surface area (Å²) in [6.07, 6.45) is -2.70. The molecule has 0 spiro atoms. The summed E-state index contributed by atoms with van der Waals surface area (Å²) in [5, 5.41) is 18.3. The monoisotopic (exact) mass is 151 g/mol. The highest BCUT2D eigenvalue weighted by Crippen LogP contribution is 1.95. The summed E-state index contributed by atoms with van der Waals surface area (Å²) in [6, 6.07) is -1.02. The fraction of sp³-hybridized carbons (Fsp3) is 0.800. The van der Waals surface area contributed by atoms with E-state index in [4.69, 9.17) is 10.2 Å². The molecule has 3 N–H and O–H groups in total. The lowest BCUT2D eigenvalue weighted by Gasteiger charge is -2.14. The second-order valence-corrected chi connectivity index (χ2v) is 1.92. The Hall–Kier alpha value is -0.840. The fourth-order valence-corrected chi connectivity index (χ4v) is 0.464. The molecule has 0 aromatic heterocycles. The van der Waals surface area contributed by atoms with E-state index >= 15 is 0 Å². The largest absolute Gasteiger partial charge is 0.465 e. The average molecular weight is 151 g/mol. The first-order chi connectivity index (χ1) is 4.57. The van der Waals surface area contributed by atoms with Gasteiger partial charge in [0.25, 0.3) is 0 Å². The highest BCUT2D eigenvalue weighted by atomic mass is 19.1. The van der Waals surface area contributed by atoms with Gasteiger partial charge in [0.2, 0.25) is 0 Å². The normalized spacial score (nSPS) is 15.9. The lowest BCUT2D eigenvalue weighted by molar-refractivity contribution is 0.149. The van der Waals surface area contributed by atoms with Gasteiger partial charge >= 0.3 is 6.09 Å². The number of amides is 1. The molecular formula is C5H10FNO3. The summed E-state index contributed by atoms with van der Waals surface area (Å²) in [4.78, 5) is 9.88. The van der Waals surface area contributed by atoms with Crippen molar-refractivity contribution in [1.82, 2.24) is 5.32 Å². The van der Waals surface area contributed by atoms with Crippen LogP contribution in [-0.2, 0) is 0 Å². The van der Waals surface area contributed by atoms with Gasteiger partial charge in [-0.25, -0.2) is 9.18 Å². The number of hydrogen-bond acceptors (Lipinski definition) is 2. The number of nitrogens with one attached hydrogen (secondary N) is 1. The molecule has 0 aliphatic heterocycles. The van der Waals surface area contributed by atoms with E-state index in [9.17, 15) is 9.18 Å². The summed E-state index contributed by atoms with van der Waals surface area (Å²) < 4.78 is 12.2. The first-order valence-corrected chi connectivity index (χ1v) is 2.82. The van der Waals surface area contributed by atoms with Crippen molar-refractivity contribution in [3.63, 3.8) is 0 Å². The van der Waals surface area contributed by atoms with E-state index in [1.165, 1.54) is 6.92 Å². The van der Waals surface area contributed by atoms with Crippen LogP contribution >= 0.6 is 0 Å². The Balaban J connectivity index is 3.71. The standard InChI is InChI=1S/C5H10FNO3/c1-3(6)4(2-8)7-5(9)10/h3-4,7-8H,2H2,1H3,(H,9,10)/t3?,4-/m0/s1. The molecule has 1 amide bonds. The van der Waals surface area contributed by atoms with Crippen LogP contribution in [0.4, 0.5) is 9.18 Å². The first kappa shape index (κ1) is 9.16. The molecule has 0 saturated carbocycles. The van der Waals surface area contributed by atoms with Crippen LogP contribution in [-0.4, -0.2) is 35.1 Å². The average Bonchev–Trinajstić information content (AvgIpc) is 1.81. The summed E-state index contributed by atoms with van der Waals surface area (Å²) in [5.74, 6) is 0. The molecule has 2 atom stereocenters. The number of carbonyl (C=O) groups is 1. The number of halogens is 1. The van der Waals surface area contributed by atoms with Crippen LogP contribution in [0.25, 0.3) is 0 Å². The molecular weight excluding hydrogens is 141 g/mol. The van der Waals surface area contributed by atoms with E-state index in [0.717, 1.165) is 0 Å². The van der Waals surface area contributed by atoms with Gasteiger partial charge in [-0.1, -0.05) is 0 Å². The molecule has 0 aliphatic carbocycles. The van der Waals surface area contributed by atoms with Gasteiger partial charge in [0, 0.05) is 0 Å². The molecule has 0 rings (SSSR count). The zero-order chi connectivity index (χ0) is 8.15. The van der Waals surface area contributed by atoms with Crippen molar-refractivity contribution in [2.24, 2.45) is 0 Å². The Labute approximate surface area is 57.7 Å². The summed E-state index contributed by atoms with van der Waals surface area (Å²) in [5.41, 5.74) is 0. The number of rotatable bonds is 3. The van der Waals surface area contributed by atoms with Crippen molar-refractivity contribution >= 4 is 6.09 Å². The Bertz CT molecular complexity index is 117. The van der Waals surface area contributed by atoms with Crippen LogP contribution in [0, 0.1) is 0 Å². The molecule has 10 heavy (non-hydrogen) atoms. The zero-order valence-electron chi connectivity index (χ0n) is 5.54. The van der Waals surface area contributed by atoms with Crippen molar-refractivity contribution in [2.75, 3.05) is 6.61 Å². The molecule has 0 radical (unpaired) electrons. The van der Waals surface area contributed by atoms with Gasteiger partial charge in [0.1, 0.15) is 6.17 Å². The van der Waals surface area contributed by atoms with Crippen molar-refractivity contribution < 1.29 is 19.4 Å². The van der Waals surface area contributed by atoms with Gasteiger partial charge in [-0.3, -0.25) is 0 Å². The number of hydrogen-bond donors (Lipinski definition) is 3. The smallest absolute Gasteiger partial charge is 0.405 e. The van der Waals surface area contributed by atoms with Crippen LogP contribution < -0.4 is 5.32 Å². The molecule has 60 valence electrons. The van der Waals surface area contributed by atoms with E-state index in [1.54, 1.807) is 0 Å². The second kappa shape index (κ2) is 4.05. The van der Waals surface area contributed by atoms with Crippen molar-refractivity contribution in [2.45, 2.75) is 19.1 Å². The lowest BCUT2D eigenvalue weighted by Crippen LogP contribution is -2.42. The van der Waals surface area contributed by atoms with Crippen LogP contribution in [0.15, 0.2) is 0 Å². The van der Waals surface area contributed by atoms with Crippen molar-refractivity contribution in [1.29, 1.82) is 0 Å². The topological polar surface area (TPSA) is 69.6 Å². The molecule has 1 unspecified atom stereocenters. The highest BCUT2D eigenvalue weighted by Gasteiger charge is 2.16. The minimum absolute atomic E-state index is 0.524. The molecule has 0 heterocycles. The van der Waals surface area contributed by atoms with Gasteiger partial charge in [0.05, 0.1) is 12.6 Å². The fourth-order valence-electron chi connectivity index (χ4n) is 0.464. The lowest BCUT2D eigenvalue weighted by atomic mass is 10.2. The van der Waals surface area contributed by atoms with E-state index in [1.807, 2.05) is 5.32 Å². The number of aliphatic hydroxyl groups is 1. The number of alkyl halides is 1. The van der Waals surface area contributed by atoms with E-state index < -0.39 is 24.9 Å². The summed E-state index contributed by atoms with van der Waals surface area (Å²) >= 11 is 0. The first-order valence-electron chi connectivity index (χ1n) is 2.82. The van der Waals surface area contributed by atoms with Gasteiger partial charge in [-0.2, -0.15) is 0 Å². The third-order valence-electron chi connectivity index (χ3n) is 1.06. The predicted octanol–water partition coefficient (Wildman–Crippen LogP) is -0.0271. The molecule has 0 saturated heterocycles. The highest BCUT2D eigenvalue weighted by molar-refractivity contribution is 5.64. The Kier molecular flexibility index (Phi) is 3.71. The number of carboxylic acid groups (broad SMARTS) is 1. The molecule has 0 bridgehead atoms. The van der Waals surface area contributed by atoms with Crippen LogP contribution in [0.2, 0.25) is 0 Å². The van der Waals surface area contributed by atoms with E-state index in [-0.39, 0.29) is 0 Å². The molecule has 5 heteroatoms. The molecule has 4 nitrogen and oxygen atoms in total. The maximum absolute atomic E-state index is 12.2. The molecule has 0 aromatic rings. The molecule has 0 fully saturated rings. The quantitative estimate of drug-likeness (QED) is 0.530. The van der Waals surface area contributed by atoms with Gasteiger partial charge in [0.15, 0.2) is 0 Å². The van der Waals surface area contributed by atoms with Crippen LogP contribution in [0.3, 0.4) is 0 Å². The minimum Gasteiger partial charge on any atom is -0.465 e. The second-order valence-electron chi connectivity index (χ2n) is 1.92. The third kappa shape index (κ3) is 3.24. The van der Waals surface area contributed by atoms with Crippen molar-refractivity contribution in [3.05, 3.63) is 0 Å². The van der Waals surface area contributed by atoms with Crippen LogP contribution in [0.5, 0.6) is 0 Å². The SMILES string of the molecule is CC(F)[C@H](CO)NC(=O)O.